The van der Waals surface area contributed by atoms with Crippen molar-refractivity contribution in [2.75, 3.05) is 23.3 Å². The molecule has 1 aromatic carbocycles. The molecule has 1 aromatic heterocycles. The van der Waals surface area contributed by atoms with Crippen LogP contribution in [0, 0.1) is 0 Å². The Kier molecular flexibility index (Phi) is 4.32. The van der Waals surface area contributed by atoms with E-state index in [-0.39, 0.29) is 5.91 Å². The van der Waals surface area contributed by atoms with E-state index >= 15 is 0 Å². The highest BCUT2D eigenvalue weighted by molar-refractivity contribution is 6.06. The standard InChI is InChI=1S/C17H20N4O/c1-2-3-9-18-17-19-11-14(12-20-17)16(22)21-10-8-13-6-4-5-7-15(13)21/h4-7,11-12H,2-3,8-10H2,1H3,(H,18,19,20). The van der Waals surface area contributed by atoms with Gasteiger partial charge in [-0.25, -0.2) is 9.97 Å². The first-order chi connectivity index (χ1) is 10.8. The fourth-order valence-electron chi connectivity index (χ4n) is 2.61. The van der Waals surface area contributed by atoms with E-state index in [9.17, 15) is 4.79 Å². The number of hydrogen-bond donors (Lipinski definition) is 1. The lowest BCUT2D eigenvalue weighted by Gasteiger charge is -2.17. The first kappa shape index (κ1) is 14.5. The highest BCUT2D eigenvalue weighted by atomic mass is 16.2. The number of unbranched alkanes of at least 4 members (excludes halogenated alkanes) is 1. The topological polar surface area (TPSA) is 58.1 Å². The van der Waals surface area contributed by atoms with Gasteiger partial charge in [0.05, 0.1) is 5.56 Å². The van der Waals surface area contributed by atoms with Crippen LogP contribution in [0.15, 0.2) is 36.7 Å². The summed E-state index contributed by atoms with van der Waals surface area (Å²) in [6.45, 7) is 3.70. The van der Waals surface area contributed by atoms with Crippen molar-refractivity contribution in [1.29, 1.82) is 0 Å². The molecule has 1 N–H and O–H groups in total. The van der Waals surface area contributed by atoms with Crippen LogP contribution in [-0.2, 0) is 6.42 Å². The van der Waals surface area contributed by atoms with Crippen LogP contribution in [0.4, 0.5) is 11.6 Å². The normalized spacial score (nSPS) is 13.0. The molecule has 0 radical (unpaired) electrons. The third-order valence-corrected chi connectivity index (χ3v) is 3.84. The Labute approximate surface area is 130 Å². The number of carbonyl (C=O) groups excluding carboxylic acids is 1. The second-order valence-corrected chi connectivity index (χ2v) is 5.41. The van der Waals surface area contributed by atoms with Crippen LogP contribution in [-0.4, -0.2) is 29.0 Å². The maximum absolute atomic E-state index is 12.6. The summed E-state index contributed by atoms with van der Waals surface area (Å²) < 4.78 is 0. The zero-order valence-electron chi connectivity index (χ0n) is 12.7. The zero-order valence-corrected chi connectivity index (χ0v) is 12.7. The highest BCUT2D eigenvalue weighted by Gasteiger charge is 2.25. The van der Waals surface area contributed by atoms with E-state index < -0.39 is 0 Å². The summed E-state index contributed by atoms with van der Waals surface area (Å²) in [4.78, 5) is 22.9. The van der Waals surface area contributed by atoms with E-state index in [1.807, 2.05) is 18.2 Å². The average molecular weight is 296 g/mol. The van der Waals surface area contributed by atoms with Crippen molar-refractivity contribution in [3.8, 4) is 0 Å². The fourth-order valence-corrected chi connectivity index (χ4v) is 2.61. The quantitative estimate of drug-likeness (QED) is 0.862. The number of amides is 1. The minimum absolute atomic E-state index is 0.0370. The van der Waals surface area contributed by atoms with Gasteiger partial charge < -0.3 is 10.2 Å². The van der Waals surface area contributed by atoms with Crippen LogP contribution >= 0.6 is 0 Å². The summed E-state index contributed by atoms with van der Waals surface area (Å²) in [5.74, 6) is 0.539. The number of benzene rings is 1. The number of fused-ring (bicyclic) bond motifs is 1. The summed E-state index contributed by atoms with van der Waals surface area (Å²) in [7, 11) is 0. The summed E-state index contributed by atoms with van der Waals surface area (Å²) in [5, 5.41) is 3.15. The predicted molar refractivity (Wildman–Crippen MR) is 87.3 cm³/mol. The summed E-state index contributed by atoms with van der Waals surface area (Å²) in [6, 6.07) is 8.02. The maximum Gasteiger partial charge on any atom is 0.261 e. The third-order valence-electron chi connectivity index (χ3n) is 3.84. The Hall–Kier alpha value is -2.43. The van der Waals surface area contributed by atoms with Gasteiger partial charge in [-0.1, -0.05) is 31.5 Å². The maximum atomic E-state index is 12.6. The lowest BCUT2D eigenvalue weighted by atomic mass is 10.2. The summed E-state index contributed by atoms with van der Waals surface area (Å²) in [5.41, 5.74) is 2.74. The molecule has 0 spiro atoms. The highest BCUT2D eigenvalue weighted by Crippen LogP contribution is 2.28. The first-order valence-corrected chi connectivity index (χ1v) is 7.75. The number of nitrogens with one attached hydrogen (secondary N) is 1. The van der Waals surface area contributed by atoms with Gasteiger partial charge in [-0.15, -0.1) is 0 Å². The number of carbonyl (C=O) groups is 1. The van der Waals surface area contributed by atoms with Gasteiger partial charge in [0.15, 0.2) is 0 Å². The molecule has 2 heterocycles. The Morgan fingerprint density at radius 2 is 2.05 bits per heavy atom. The number of para-hydroxylation sites is 1. The van der Waals surface area contributed by atoms with Crippen molar-refractivity contribution >= 4 is 17.5 Å². The van der Waals surface area contributed by atoms with Gasteiger partial charge in [0.25, 0.3) is 5.91 Å². The van der Waals surface area contributed by atoms with Crippen LogP contribution in [0.2, 0.25) is 0 Å². The lowest BCUT2D eigenvalue weighted by Crippen LogP contribution is -2.29. The van der Waals surface area contributed by atoms with Gasteiger partial charge in [-0.3, -0.25) is 4.79 Å². The molecule has 2 aromatic rings. The molecule has 22 heavy (non-hydrogen) atoms. The molecule has 0 atom stereocenters. The van der Waals surface area contributed by atoms with Crippen LogP contribution in [0.25, 0.3) is 0 Å². The Bertz CT molecular complexity index is 654. The lowest BCUT2D eigenvalue weighted by molar-refractivity contribution is 0.0988. The van der Waals surface area contributed by atoms with Crippen molar-refractivity contribution in [3.05, 3.63) is 47.8 Å². The van der Waals surface area contributed by atoms with E-state index in [4.69, 9.17) is 0 Å². The van der Waals surface area contributed by atoms with E-state index in [1.165, 1.54) is 5.56 Å². The molecular weight excluding hydrogens is 276 g/mol. The van der Waals surface area contributed by atoms with Crippen LogP contribution in [0.3, 0.4) is 0 Å². The van der Waals surface area contributed by atoms with Crippen LogP contribution in [0.1, 0.15) is 35.7 Å². The van der Waals surface area contributed by atoms with E-state index in [0.717, 1.165) is 31.5 Å². The van der Waals surface area contributed by atoms with Gasteiger partial charge >= 0.3 is 0 Å². The molecule has 0 unspecified atom stereocenters. The number of hydrogen-bond acceptors (Lipinski definition) is 4. The van der Waals surface area contributed by atoms with Gasteiger partial charge in [0.1, 0.15) is 0 Å². The molecule has 5 heteroatoms. The SMILES string of the molecule is CCCCNc1ncc(C(=O)N2CCc3ccccc32)cn1. The van der Waals surface area contributed by atoms with E-state index in [0.29, 0.717) is 18.1 Å². The molecule has 3 rings (SSSR count). The third kappa shape index (κ3) is 2.93. The van der Waals surface area contributed by atoms with Crippen molar-refractivity contribution in [1.82, 2.24) is 9.97 Å². The zero-order chi connectivity index (χ0) is 15.4. The van der Waals surface area contributed by atoms with Gasteiger partial charge in [-0.05, 0) is 24.5 Å². The van der Waals surface area contributed by atoms with Crippen LogP contribution in [0.5, 0.6) is 0 Å². The van der Waals surface area contributed by atoms with Crippen LogP contribution < -0.4 is 10.2 Å². The van der Waals surface area contributed by atoms with Crippen molar-refractivity contribution in [3.63, 3.8) is 0 Å². The predicted octanol–water partition coefficient (Wildman–Crippen LogP) is 2.89. The molecule has 1 amide bonds. The van der Waals surface area contributed by atoms with Gasteiger partial charge in [0.2, 0.25) is 5.95 Å². The van der Waals surface area contributed by atoms with Crippen molar-refractivity contribution in [2.24, 2.45) is 0 Å². The van der Waals surface area contributed by atoms with Gasteiger partial charge in [0, 0.05) is 31.2 Å². The second-order valence-electron chi connectivity index (χ2n) is 5.41. The largest absolute Gasteiger partial charge is 0.354 e. The number of rotatable bonds is 5. The average Bonchev–Trinajstić information content (AvgIpc) is 2.99. The molecule has 0 bridgehead atoms. The Balaban J connectivity index is 1.71. The van der Waals surface area contributed by atoms with Gasteiger partial charge in [-0.2, -0.15) is 0 Å². The first-order valence-electron chi connectivity index (χ1n) is 7.75. The number of anilines is 2. The number of nitrogens with zero attached hydrogens (tertiary/aromatic N) is 3. The Morgan fingerprint density at radius 3 is 2.82 bits per heavy atom. The minimum Gasteiger partial charge on any atom is -0.354 e. The number of aromatic nitrogens is 2. The summed E-state index contributed by atoms with van der Waals surface area (Å²) >= 11 is 0. The molecule has 5 nitrogen and oxygen atoms in total. The molecule has 1 aliphatic heterocycles. The minimum atomic E-state index is -0.0370. The molecular formula is C17H20N4O. The monoisotopic (exact) mass is 296 g/mol. The second kappa shape index (κ2) is 6.56. The van der Waals surface area contributed by atoms with Crippen molar-refractivity contribution in [2.45, 2.75) is 26.2 Å². The molecule has 1 aliphatic rings. The fraction of sp³-hybridized carbons (Fsp3) is 0.353. The van der Waals surface area contributed by atoms with E-state index in [2.05, 4.69) is 28.3 Å². The molecule has 0 saturated carbocycles. The molecule has 0 aliphatic carbocycles. The summed E-state index contributed by atoms with van der Waals surface area (Å²) in [6.07, 6.45) is 6.31. The molecule has 114 valence electrons. The Morgan fingerprint density at radius 1 is 1.27 bits per heavy atom. The van der Waals surface area contributed by atoms with Crippen molar-refractivity contribution < 1.29 is 4.79 Å². The molecule has 0 fully saturated rings. The van der Waals surface area contributed by atoms with E-state index in [1.54, 1.807) is 17.3 Å². The molecule has 0 saturated heterocycles. The smallest absolute Gasteiger partial charge is 0.261 e.